The van der Waals surface area contributed by atoms with E-state index in [1.807, 2.05) is 23.6 Å². The summed E-state index contributed by atoms with van der Waals surface area (Å²) in [5, 5.41) is 21.1. The van der Waals surface area contributed by atoms with E-state index in [1.54, 1.807) is 11.3 Å². The van der Waals surface area contributed by atoms with Gasteiger partial charge in [0.2, 0.25) is 6.29 Å². The van der Waals surface area contributed by atoms with Crippen molar-refractivity contribution in [3.8, 4) is 5.75 Å². The van der Waals surface area contributed by atoms with Crippen molar-refractivity contribution in [1.82, 2.24) is 0 Å². The average Bonchev–Trinajstić information content (AvgIpc) is 2.96. The predicted octanol–water partition coefficient (Wildman–Crippen LogP) is 2.86. The molecule has 0 unspecified atom stereocenters. The first-order valence-corrected chi connectivity index (χ1v) is 8.92. The highest BCUT2D eigenvalue weighted by molar-refractivity contribution is 7.80. The Morgan fingerprint density at radius 3 is 2.74 bits per heavy atom. The minimum atomic E-state index is -0.524. The Bertz CT molecular complexity index is 626. The SMILES string of the molecule is OC[C@@H]1C[C@H](O)C[C@H](Oc2ccsc2Cc2ccc(S)cc2)O1. The summed E-state index contributed by atoms with van der Waals surface area (Å²) in [5.74, 6) is 0.778. The minimum Gasteiger partial charge on any atom is -0.464 e. The van der Waals surface area contributed by atoms with Gasteiger partial charge in [-0.05, 0) is 29.1 Å². The molecule has 0 saturated carbocycles. The summed E-state index contributed by atoms with van der Waals surface area (Å²) < 4.78 is 11.6. The largest absolute Gasteiger partial charge is 0.464 e. The van der Waals surface area contributed by atoms with Crippen molar-refractivity contribution >= 4 is 24.0 Å². The molecule has 3 atom stereocenters. The molecule has 4 nitrogen and oxygen atoms in total. The average molecular weight is 352 g/mol. The third-order valence-electron chi connectivity index (χ3n) is 3.81. The number of thiol groups is 1. The molecular formula is C17H20O4S2. The number of aliphatic hydroxyl groups is 2. The zero-order valence-electron chi connectivity index (χ0n) is 12.6. The molecule has 1 saturated heterocycles. The van der Waals surface area contributed by atoms with Crippen LogP contribution in [0.4, 0.5) is 0 Å². The summed E-state index contributed by atoms with van der Waals surface area (Å²) in [7, 11) is 0. The Balaban J connectivity index is 1.67. The zero-order valence-corrected chi connectivity index (χ0v) is 14.3. The lowest BCUT2D eigenvalue weighted by Gasteiger charge is -2.32. The van der Waals surface area contributed by atoms with Gasteiger partial charge in [0.1, 0.15) is 5.75 Å². The number of hydrogen-bond donors (Lipinski definition) is 3. The predicted molar refractivity (Wildman–Crippen MR) is 92.4 cm³/mol. The van der Waals surface area contributed by atoms with Gasteiger partial charge in [0, 0.05) is 24.2 Å². The van der Waals surface area contributed by atoms with E-state index >= 15 is 0 Å². The minimum absolute atomic E-state index is 0.108. The van der Waals surface area contributed by atoms with E-state index in [4.69, 9.17) is 9.47 Å². The molecule has 0 bridgehead atoms. The first-order chi connectivity index (χ1) is 11.1. The molecule has 2 aromatic rings. The maximum absolute atomic E-state index is 9.86. The number of rotatable bonds is 5. The smallest absolute Gasteiger partial charge is 0.202 e. The van der Waals surface area contributed by atoms with E-state index in [1.165, 1.54) is 5.56 Å². The van der Waals surface area contributed by atoms with Crippen LogP contribution in [0.25, 0.3) is 0 Å². The summed E-state index contributed by atoms with van der Waals surface area (Å²) in [6.07, 6.45) is 0.247. The van der Waals surface area contributed by atoms with Crippen molar-refractivity contribution in [2.24, 2.45) is 0 Å². The molecule has 1 aliphatic heterocycles. The van der Waals surface area contributed by atoms with Gasteiger partial charge < -0.3 is 19.7 Å². The van der Waals surface area contributed by atoms with Crippen LogP contribution in [0.1, 0.15) is 23.3 Å². The van der Waals surface area contributed by atoms with E-state index in [2.05, 4.69) is 24.8 Å². The Hall–Kier alpha value is -1.05. The van der Waals surface area contributed by atoms with E-state index in [0.29, 0.717) is 12.8 Å². The van der Waals surface area contributed by atoms with Crippen LogP contribution in [0.2, 0.25) is 0 Å². The van der Waals surface area contributed by atoms with Gasteiger partial charge >= 0.3 is 0 Å². The standard InChI is InChI=1S/C17H20O4S2/c18-10-13-8-12(19)9-17(20-13)21-15-5-6-23-16(15)7-11-1-3-14(22)4-2-11/h1-6,12-13,17-19,22H,7-10H2/t12-,13-,17-/m0/s1. The van der Waals surface area contributed by atoms with E-state index in [0.717, 1.165) is 21.9 Å². The van der Waals surface area contributed by atoms with Gasteiger partial charge in [-0.1, -0.05) is 12.1 Å². The van der Waals surface area contributed by atoms with Crippen LogP contribution in [-0.2, 0) is 11.2 Å². The van der Waals surface area contributed by atoms with Crippen LogP contribution < -0.4 is 4.74 Å². The van der Waals surface area contributed by atoms with E-state index in [9.17, 15) is 10.2 Å². The maximum atomic E-state index is 9.86. The molecule has 1 aromatic heterocycles. The molecule has 23 heavy (non-hydrogen) atoms. The number of aliphatic hydroxyl groups excluding tert-OH is 2. The van der Waals surface area contributed by atoms with E-state index < -0.39 is 12.4 Å². The van der Waals surface area contributed by atoms with Crippen molar-refractivity contribution in [3.05, 3.63) is 46.2 Å². The second-order valence-corrected chi connectivity index (χ2v) is 7.18. The van der Waals surface area contributed by atoms with Gasteiger partial charge in [0.15, 0.2) is 0 Å². The van der Waals surface area contributed by atoms with Crippen molar-refractivity contribution in [2.45, 2.75) is 42.7 Å². The van der Waals surface area contributed by atoms with Crippen molar-refractivity contribution in [2.75, 3.05) is 6.61 Å². The number of thiophene rings is 1. The monoisotopic (exact) mass is 352 g/mol. The molecule has 0 amide bonds. The Morgan fingerprint density at radius 1 is 1.22 bits per heavy atom. The molecule has 1 aromatic carbocycles. The molecular weight excluding hydrogens is 332 g/mol. The molecule has 0 radical (unpaired) electrons. The Kier molecular flexibility index (Phi) is 5.61. The third-order valence-corrected chi connectivity index (χ3v) is 5.01. The summed E-state index contributed by atoms with van der Waals surface area (Å²) in [4.78, 5) is 2.05. The van der Waals surface area contributed by atoms with Crippen LogP contribution in [0.15, 0.2) is 40.6 Å². The van der Waals surface area contributed by atoms with Gasteiger partial charge in [-0.2, -0.15) is 0 Å². The number of benzene rings is 1. The lowest BCUT2D eigenvalue weighted by atomic mass is 10.1. The molecule has 0 spiro atoms. The van der Waals surface area contributed by atoms with E-state index in [-0.39, 0.29) is 12.7 Å². The van der Waals surface area contributed by atoms with Gasteiger partial charge in [-0.3, -0.25) is 0 Å². The first kappa shape index (κ1) is 16.8. The maximum Gasteiger partial charge on any atom is 0.202 e. The fourth-order valence-corrected chi connectivity index (χ4v) is 3.63. The van der Waals surface area contributed by atoms with Gasteiger partial charge in [0.05, 0.1) is 23.7 Å². The Morgan fingerprint density at radius 2 is 2.00 bits per heavy atom. The molecule has 124 valence electrons. The van der Waals surface area contributed by atoms with Crippen LogP contribution in [0.5, 0.6) is 5.75 Å². The van der Waals surface area contributed by atoms with Crippen LogP contribution >= 0.6 is 24.0 Å². The second-order valence-electron chi connectivity index (χ2n) is 5.66. The molecule has 2 heterocycles. The highest BCUT2D eigenvalue weighted by Crippen LogP contribution is 2.31. The normalized spacial score (nSPS) is 24.6. The molecule has 0 aliphatic carbocycles. The molecule has 2 N–H and O–H groups in total. The van der Waals surface area contributed by atoms with Crippen molar-refractivity contribution < 1.29 is 19.7 Å². The highest BCUT2D eigenvalue weighted by atomic mass is 32.1. The molecule has 6 heteroatoms. The van der Waals surface area contributed by atoms with Crippen molar-refractivity contribution in [1.29, 1.82) is 0 Å². The zero-order chi connectivity index (χ0) is 16.2. The second kappa shape index (κ2) is 7.68. The molecule has 1 aliphatic rings. The lowest BCUT2D eigenvalue weighted by molar-refractivity contribution is -0.184. The third kappa shape index (κ3) is 4.49. The van der Waals surface area contributed by atoms with Gasteiger partial charge in [-0.25, -0.2) is 0 Å². The molecule has 1 fully saturated rings. The summed E-state index contributed by atoms with van der Waals surface area (Å²) in [6, 6.07) is 9.96. The van der Waals surface area contributed by atoms with Gasteiger partial charge in [0.25, 0.3) is 0 Å². The Labute approximate surface area is 145 Å². The van der Waals surface area contributed by atoms with Crippen LogP contribution in [0.3, 0.4) is 0 Å². The lowest BCUT2D eigenvalue weighted by Crippen LogP contribution is -2.40. The topological polar surface area (TPSA) is 58.9 Å². The highest BCUT2D eigenvalue weighted by Gasteiger charge is 2.29. The summed E-state index contributed by atoms with van der Waals surface area (Å²) >= 11 is 5.93. The number of ether oxygens (including phenoxy) is 2. The van der Waals surface area contributed by atoms with Crippen LogP contribution in [-0.4, -0.2) is 35.3 Å². The molecule has 3 rings (SSSR count). The van der Waals surface area contributed by atoms with Gasteiger partial charge in [-0.15, -0.1) is 24.0 Å². The fourth-order valence-electron chi connectivity index (χ4n) is 2.64. The van der Waals surface area contributed by atoms with Crippen LogP contribution in [0, 0.1) is 0 Å². The first-order valence-electron chi connectivity index (χ1n) is 7.59. The summed E-state index contributed by atoms with van der Waals surface area (Å²) in [5.41, 5.74) is 1.19. The van der Waals surface area contributed by atoms with Crippen molar-refractivity contribution in [3.63, 3.8) is 0 Å². The number of hydrogen-bond acceptors (Lipinski definition) is 6. The summed E-state index contributed by atoms with van der Waals surface area (Å²) in [6.45, 7) is -0.108. The quantitative estimate of drug-likeness (QED) is 0.724. The fraction of sp³-hybridized carbons (Fsp3) is 0.412.